The molecule has 2 amide bonds. The summed E-state index contributed by atoms with van der Waals surface area (Å²) in [5.41, 5.74) is 0. The van der Waals surface area contributed by atoms with E-state index in [0.717, 1.165) is 12.1 Å². The van der Waals surface area contributed by atoms with E-state index < -0.39 is 17.7 Å². The van der Waals surface area contributed by atoms with Gasteiger partial charge in [0.15, 0.2) is 11.6 Å². The van der Waals surface area contributed by atoms with Gasteiger partial charge in [-0.2, -0.15) is 0 Å². The molecule has 0 spiro atoms. The van der Waals surface area contributed by atoms with Crippen LogP contribution in [-0.4, -0.2) is 36.9 Å². The van der Waals surface area contributed by atoms with Crippen LogP contribution in [0.2, 0.25) is 0 Å². The maximum atomic E-state index is 12.9. The van der Waals surface area contributed by atoms with Gasteiger partial charge in [-0.15, -0.1) is 0 Å². The van der Waals surface area contributed by atoms with Gasteiger partial charge < -0.3 is 20.5 Å². The summed E-state index contributed by atoms with van der Waals surface area (Å²) in [6, 6.07) is 2.85. The Balaban J connectivity index is 2.15. The molecule has 0 heterocycles. The monoisotopic (exact) mass is 288 g/mol. The summed E-state index contributed by atoms with van der Waals surface area (Å²) in [5.74, 6) is -1.72. The summed E-state index contributed by atoms with van der Waals surface area (Å²) < 4.78 is 30.7. The number of halogens is 2. The fraction of sp³-hybridized carbons (Fsp3) is 0.462. The lowest BCUT2D eigenvalue weighted by atomic mass is 10.3. The van der Waals surface area contributed by atoms with E-state index in [1.165, 1.54) is 6.07 Å². The normalized spacial score (nSPS) is 11.8. The van der Waals surface area contributed by atoms with Gasteiger partial charge in [-0.05, 0) is 25.5 Å². The molecule has 0 saturated heterocycles. The van der Waals surface area contributed by atoms with E-state index >= 15 is 0 Å². The largest absolute Gasteiger partial charge is 0.492 e. The molecule has 3 N–H and O–H groups in total. The zero-order chi connectivity index (χ0) is 15.0. The first-order chi connectivity index (χ1) is 9.49. The van der Waals surface area contributed by atoms with Gasteiger partial charge in [0.2, 0.25) is 0 Å². The van der Waals surface area contributed by atoms with Crippen molar-refractivity contribution in [2.45, 2.75) is 19.4 Å². The van der Waals surface area contributed by atoms with Crippen molar-refractivity contribution in [3.8, 4) is 5.75 Å². The van der Waals surface area contributed by atoms with E-state index in [0.29, 0.717) is 13.0 Å². The predicted molar refractivity (Wildman–Crippen MR) is 69.6 cm³/mol. The van der Waals surface area contributed by atoms with Crippen molar-refractivity contribution in [2.75, 3.05) is 19.7 Å². The summed E-state index contributed by atoms with van der Waals surface area (Å²) in [6.45, 7) is 2.36. The van der Waals surface area contributed by atoms with Crippen LogP contribution >= 0.6 is 0 Å². The molecule has 0 aliphatic carbocycles. The van der Waals surface area contributed by atoms with Crippen LogP contribution in [-0.2, 0) is 0 Å². The van der Waals surface area contributed by atoms with Gasteiger partial charge in [-0.3, -0.25) is 0 Å². The first-order valence-electron chi connectivity index (χ1n) is 6.26. The minimum absolute atomic E-state index is 0.134. The maximum absolute atomic E-state index is 12.9. The number of carbonyl (C=O) groups is 1. The number of aliphatic hydroxyl groups excluding tert-OH is 1. The number of hydrogen-bond donors (Lipinski definition) is 3. The number of rotatable bonds is 7. The lowest BCUT2D eigenvalue weighted by molar-refractivity contribution is 0.183. The quantitative estimate of drug-likeness (QED) is 0.664. The van der Waals surface area contributed by atoms with Crippen molar-refractivity contribution in [3.05, 3.63) is 29.8 Å². The van der Waals surface area contributed by atoms with Crippen LogP contribution in [0.4, 0.5) is 13.6 Å². The number of hydrogen-bond acceptors (Lipinski definition) is 3. The van der Waals surface area contributed by atoms with Crippen molar-refractivity contribution < 1.29 is 23.4 Å². The molecule has 1 aromatic carbocycles. The summed E-state index contributed by atoms with van der Waals surface area (Å²) in [5, 5.41) is 14.1. The molecule has 0 saturated carbocycles. The van der Waals surface area contributed by atoms with E-state index in [1.807, 2.05) is 0 Å². The van der Waals surface area contributed by atoms with Gasteiger partial charge in [-0.1, -0.05) is 0 Å². The Hall–Kier alpha value is -1.89. The van der Waals surface area contributed by atoms with Crippen LogP contribution in [0, 0.1) is 11.6 Å². The predicted octanol–water partition coefficient (Wildman–Crippen LogP) is 1.41. The lowest BCUT2D eigenvalue weighted by Crippen LogP contribution is -2.38. The van der Waals surface area contributed by atoms with E-state index in [-0.39, 0.29) is 24.9 Å². The van der Waals surface area contributed by atoms with Gasteiger partial charge in [0, 0.05) is 12.6 Å². The number of urea groups is 1. The summed E-state index contributed by atoms with van der Waals surface area (Å²) in [4.78, 5) is 11.3. The van der Waals surface area contributed by atoms with Crippen LogP contribution in [0.5, 0.6) is 5.75 Å². The van der Waals surface area contributed by atoms with Crippen molar-refractivity contribution in [1.82, 2.24) is 10.6 Å². The second kappa shape index (κ2) is 8.31. The zero-order valence-electron chi connectivity index (χ0n) is 11.2. The molecular weight excluding hydrogens is 270 g/mol. The SMILES string of the molecule is CC(O)CCNC(=O)NCCOc1ccc(F)c(F)c1. The minimum Gasteiger partial charge on any atom is -0.492 e. The zero-order valence-corrected chi connectivity index (χ0v) is 11.2. The molecule has 1 aromatic rings. The highest BCUT2D eigenvalue weighted by Crippen LogP contribution is 2.14. The molecule has 1 rings (SSSR count). The van der Waals surface area contributed by atoms with Crippen molar-refractivity contribution >= 4 is 6.03 Å². The van der Waals surface area contributed by atoms with Gasteiger partial charge in [-0.25, -0.2) is 13.6 Å². The molecule has 1 unspecified atom stereocenters. The molecule has 0 aromatic heterocycles. The van der Waals surface area contributed by atoms with Crippen molar-refractivity contribution in [1.29, 1.82) is 0 Å². The molecular formula is C13H18F2N2O3. The Morgan fingerprint density at radius 3 is 2.65 bits per heavy atom. The van der Waals surface area contributed by atoms with Crippen LogP contribution in [0.15, 0.2) is 18.2 Å². The first kappa shape index (κ1) is 16.2. The molecule has 5 nitrogen and oxygen atoms in total. The van der Waals surface area contributed by atoms with E-state index in [4.69, 9.17) is 9.84 Å². The highest BCUT2D eigenvalue weighted by molar-refractivity contribution is 5.73. The Morgan fingerprint density at radius 1 is 1.30 bits per heavy atom. The van der Waals surface area contributed by atoms with E-state index in [2.05, 4.69) is 10.6 Å². The Bertz CT molecular complexity index is 442. The Morgan fingerprint density at radius 2 is 2.00 bits per heavy atom. The number of nitrogens with one attached hydrogen (secondary N) is 2. The maximum Gasteiger partial charge on any atom is 0.314 e. The number of amides is 2. The van der Waals surface area contributed by atoms with Crippen LogP contribution < -0.4 is 15.4 Å². The molecule has 0 bridgehead atoms. The standard InChI is InChI=1S/C13H18F2N2O3/c1-9(18)4-5-16-13(19)17-6-7-20-10-2-3-11(14)12(15)8-10/h2-3,8-9,18H,4-7H2,1H3,(H2,16,17,19). The summed E-state index contributed by atoms with van der Waals surface area (Å²) in [7, 11) is 0. The minimum atomic E-state index is -0.980. The van der Waals surface area contributed by atoms with Crippen LogP contribution in [0.3, 0.4) is 0 Å². The Labute approximate surface area is 115 Å². The van der Waals surface area contributed by atoms with E-state index in [1.54, 1.807) is 6.92 Å². The highest BCUT2D eigenvalue weighted by Gasteiger charge is 2.04. The smallest absolute Gasteiger partial charge is 0.314 e. The van der Waals surface area contributed by atoms with Crippen LogP contribution in [0.25, 0.3) is 0 Å². The average Bonchev–Trinajstić information content (AvgIpc) is 2.38. The fourth-order valence-electron chi connectivity index (χ4n) is 1.36. The molecule has 1 atom stereocenters. The molecule has 0 aliphatic heterocycles. The first-order valence-corrected chi connectivity index (χ1v) is 6.26. The summed E-state index contributed by atoms with van der Waals surface area (Å²) in [6.07, 6.45) is 0.00527. The molecule has 0 radical (unpaired) electrons. The third-order valence-electron chi connectivity index (χ3n) is 2.40. The highest BCUT2D eigenvalue weighted by atomic mass is 19.2. The average molecular weight is 288 g/mol. The van der Waals surface area contributed by atoms with Crippen molar-refractivity contribution in [3.63, 3.8) is 0 Å². The third kappa shape index (κ3) is 6.33. The molecule has 7 heteroatoms. The van der Waals surface area contributed by atoms with Crippen LogP contribution in [0.1, 0.15) is 13.3 Å². The molecule has 112 valence electrons. The van der Waals surface area contributed by atoms with E-state index in [9.17, 15) is 13.6 Å². The number of carbonyl (C=O) groups excluding carboxylic acids is 1. The Kier molecular flexibility index (Phi) is 6.72. The van der Waals surface area contributed by atoms with Gasteiger partial charge in [0.1, 0.15) is 12.4 Å². The second-order valence-corrected chi connectivity index (χ2v) is 4.24. The lowest BCUT2D eigenvalue weighted by Gasteiger charge is -2.09. The molecule has 0 aliphatic rings. The second-order valence-electron chi connectivity index (χ2n) is 4.24. The van der Waals surface area contributed by atoms with Gasteiger partial charge in [0.05, 0.1) is 12.6 Å². The van der Waals surface area contributed by atoms with Crippen molar-refractivity contribution in [2.24, 2.45) is 0 Å². The molecule has 20 heavy (non-hydrogen) atoms. The topological polar surface area (TPSA) is 70.6 Å². The summed E-state index contributed by atoms with van der Waals surface area (Å²) >= 11 is 0. The van der Waals surface area contributed by atoms with Gasteiger partial charge >= 0.3 is 6.03 Å². The number of benzene rings is 1. The van der Waals surface area contributed by atoms with Gasteiger partial charge in [0.25, 0.3) is 0 Å². The third-order valence-corrected chi connectivity index (χ3v) is 2.40. The fourth-order valence-corrected chi connectivity index (χ4v) is 1.36. The molecule has 0 fully saturated rings. The number of ether oxygens (including phenoxy) is 1. The number of aliphatic hydroxyl groups is 1.